The topological polar surface area (TPSA) is 76.7 Å². The van der Waals surface area contributed by atoms with Crippen LogP contribution in [0.1, 0.15) is 91.5 Å². The van der Waals surface area contributed by atoms with Crippen molar-refractivity contribution in [1.29, 1.82) is 0 Å². The lowest BCUT2D eigenvalue weighted by molar-refractivity contribution is 0.00425. The molecule has 0 unspecified atom stereocenters. The van der Waals surface area contributed by atoms with E-state index in [1.165, 1.54) is 30.4 Å². The van der Waals surface area contributed by atoms with E-state index in [1.807, 2.05) is 13.0 Å². The molecular weight excluding hydrogens is 412 g/mol. The van der Waals surface area contributed by atoms with Crippen LogP contribution < -0.4 is 0 Å². The van der Waals surface area contributed by atoms with Gasteiger partial charge >= 0.3 is 10.4 Å². The number of hydrogen-bond donors (Lipinski definition) is 1. The average molecular weight is 453 g/mol. The normalized spacial score (nSPS) is 28.3. The highest BCUT2D eigenvalue weighted by Crippen LogP contribution is 2.60. The van der Waals surface area contributed by atoms with Crippen molar-refractivity contribution in [2.75, 3.05) is 0 Å². The molecule has 0 saturated heterocycles. The lowest BCUT2D eigenvalue weighted by atomic mass is 9.49. The molecule has 2 aliphatic rings. The second-order valence-electron chi connectivity index (χ2n) is 10.9. The second kappa shape index (κ2) is 9.40. The molecule has 31 heavy (non-hydrogen) atoms. The molecule has 3 rings (SSSR count). The molecule has 6 heteroatoms. The highest BCUT2D eigenvalue weighted by Gasteiger charge is 2.50. The molecule has 1 aromatic rings. The van der Waals surface area contributed by atoms with Crippen molar-refractivity contribution in [3.8, 4) is 0 Å². The number of aryl methyl sites for hydroxylation is 1. The molecule has 1 fully saturated rings. The first-order chi connectivity index (χ1) is 14.4. The first kappa shape index (κ1) is 24.5. The summed E-state index contributed by atoms with van der Waals surface area (Å²) in [6.07, 6.45) is 11.9. The van der Waals surface area contributed by atoms with Crippen LogP contribution in [0, 0.1) is 22.7 Å². The van der Waals surface area contributed by atoms with Crippen molar-refractivity contribution in [1.82, 2.24) is 0 Å². The fourth-order valence-corrected chi connectivity index (χ4v) is 7.11. The largest absolute Gasteiger partial charge is 0.472 e. The van der Waals surface area contributed by atoms with E-state index in [1.54, 1.807) is 12.5 Å². The average Bonchev–Trinajstić information content (AvgIpc) is 3.15. The summed E-state index contributed by atoms with van der Waals surface area (Å²) in [6.45, 7) is 11.4. The lowest BCUT2D eigenvalue weighted by Gasteiger charge is -2.55. The van der Waals surface area contributed by atoms with E-state index in [0.29, 0.717) is 12.3 Å². The lowest BCUT2D eigenvalue weighted by Crippen LogP contribution is -2.46. The van der Waals surface area contributed by atoms with Gasteiger partial charge in [-0.25, -0.2) is 4.18 Å². The predicted octanol–water partition coefficient (Wildman–Crippen LogP) is 6.76. The highest BCUT2D eigenvalue weighted by atomic mass is 32.3. The van der Waals surface area contributed by atoms with Crippen LogP contribution in [0.15, 0.2) is 34.2 Å². The summed E-state index contributed by atoms with van der Waals surface area (Å²) in [7, 11) is -4.51. The molecule has 0 amide bonds. The molecule has 1 heterocycles. The minimum Gasteiger partial charge on any atom is -0.472 e. The van der Waals surface area contributed by atoms with Crippen LogP contribution in [-0.2, 0) is 21.0 Å². The van der Waals surface area contributed by atoms with Gasteiger partial charge in [-0.05, 0) is 92.6 Å². The van der Waals surface area contributed by atoms with Crippen molar-refractivity contribution in [3.63, 3.8) is 0 Å². The van der Waals surface area contributed by atoms with Crippen LogP contribution in [-0.4, -0.2) is 19.1 Å². The fourth-order valence-electron chi connectivity index (χ4n) is 6.54. The van der Waals surface area contributed by atoms with Crippen LogP contribution in [0.5, 0.6) is 0 Å². The highest BCUT2D eigenvalue weighted by molar-refractivity contribution is 7.80. The quantitative estimate of drug-likeness (QED) is 0.331. The number of hydrogen-bond acceptors (Lipinski definition) is 4. The van der Waals surface area contributed by atoms with Crippen LogP contribution in [0.4, 0.5) is 0 Å². The Labute approximate surface area is 188 Å². The molecule has 176 valence electrons. The number of rotatable bonds is 9. The van der Waals surface area contributed by atoms with Crippen LogP contribution in [0.25, 0.3) is 0 Å². The van der Waals surface area contributed by atoms with Gasteiger partial charge < -0.3 is 4.42 Å². The summed E-state index contributed by atoms with van der Waals surface area (Å²) >= 11 is 0. The third kappa shape index (κ3) is 5.82. The van der Waals surface area contributed by atoms with Gasteiger partial charge in [0, 0.05) is 0 Å². The summed E-state index contributed by atoms with van der Waals surface area (Å²) in [4.78, 5) is 0. The molecule has 2 aliphatic carbocycles. The van der Waals surface area contributed by atoms with E-state index >= 15 is 0 Å². The Balaban J connectivity index is 1.78. The SMILES string of the molecule is CC1=C(C[C@H](OS(=O)(=O)O)[C@@H](C)CCCc2ccoc2)[C@@]2(C)CCCC(C)(C)[C@@H]2CC1. The summed E-state index contributed by atoms with van der Waals surface area (Å²) in [6, 6.07) is 1.96. The molecule has 0 aromatic carbocycles. The zero-order valence-electron chi connectivity index (χ0n) is 19.8. The smallest absolute Gasteiger partial charge is 0.397 e. The number of fused-ring (bicyclic) bond motifs is 1. The van der Waals surface area contributed by atoms with E-state index in [-0.39, 0.29) is 16.7 Å². The van der Waals surface area contributed by atoms with Gasteiger partial charge in [-0.15, -0.1) is 0 Å². The van der Waals surface area contributed by atoms with Crippen LogP contribution >= 0.6 is 0 Å². The second-order valence-corrected chi connectivity index (χ2v) is 11.9. The van der Waals surface area contributed by atoms with Gasteiger partial charge in [0.25, 0.3) is 0 Å². The zero-order valence-corrected chi connectivity index (χ0v) is 20.6. The molecule has 0 radical (unpaired) electrons. The van der Waals surface area contributed by atoms with E-state index < -0.39 is 16.5 Å². The van der Waals surface area contributed by atoms with Gasteiger partial charge in [-0.3, -0.25) is 4.55 Å². The van der Waals surface area contributed by atoms with Gasteiger partial charge in [-0.1, -0.05) is 45.3 Å². The van der Waals surface area contributed by atoms with E-state index in [4.69, 9.17) is 8.60 Å². The van der Waals surface area contributed by atoms with Gasteiger partial charge in [0.2, 0.25) is 0 Å². The fraction of sp³-hybridized carbons (Fsp3) is 0.760. The molecule has 0 spiro atoms. The Kier molecular flexibility index (Phi) is 7.44. The maximum atomic E-state index is 11.7. The summed E-state index contributed by atoms with van der Waals surface area (Å²) in [5, 5.41) is 0. The molecule has 5 nitrogen and oxygen atoms in total. The maximum Gasteiger partial charge on any atom is 0.397 e. The Morgan fingerprint density at radius 2 is 2.03 bits per heavy atom. The van der Waals surface area contributed by atoms with Crippen molar-refractivity contribution in [2.24, 2.45) is 22.7 Å². The van der Waals surface area contributed by atoms with Crippen molar-refractivity contribution < 1.29 is 21.6 Å². The summed E-state index contributed by atoms with van der Waals surface area (Å²) < 4.78 is 43.3. The minimum absolute atomic E-state index is 0.00898. The predicted molar refractivity (Wildman–Crippen MR) is 123 cm³/mol. The van der Waals surface area contributed by atoms with Crippen LogP contribution in [0.2, 0.25) is 0 Å². The Morgan fingerprint density at radius 3 is 2.68 bits per heavy atom. The van der Waals surface area contributed by atoms with Crippen molar-refractivity contribution in [2.45, 2.75) is 98.5 Å². The molecule has 1 saturated carbocycles. The standard InChI is InChI=1S/C25H40O5S/c1-18-10-11-23-24(3,4)13-7-14-25(23,5)21(18)16-22(30-31(26,27)28)19(2)8-6-9-20-12-15-29-17-20/h12,15,17,19,22-23H,6-11,13-14,16H2,1-5H3,(H,26,27,28)/t19-,22-,23-,25+/m0/s1. The van der Waals surface area contributed by atoms with Gasteiger partial charge in [-0.2, -0.15) is 8.42 Å². The van der Waals surface area contributed by atoms with E-state index in [0.717, 1.165) is 37.7 Å². The molecule has 1 N–H and O–H groups in total. The van der Waals surface area contributed by atoms with Gasteiger partial charge in [0.15, 0.2) is 0 Å². The maximum absolute atomic E-state index is 11.7. The Hall–Kier alpha value is -1.11. The minimum atomic E-state index is -4.51. The third-order valence-corrected chi connectivity index (χ3v) is 8.72. The van der Waals surface area contributed by atoms with Crippen molar-refractivity contribution in [3.05, 3.63) is 35.3 Å². The van der Waals surface area contributed by atoms with Crippen LogP contribution in [0.3, 0.4) is 0 Å². The molecule has 4 atom stereocenters. The molecular formula is C25H40O5S. The van der Waals surface area contributed by atoms with E-state index in [9.17, 15) is 13.0 Å². The Bertz CT molecular complexity index is 868. The summed E-state index contributed by atoms with van der Waals surface area (Å²) in [5.41, 5.74) is 4.25. The van der Waals surface area contributed by atoms with E-state index in [2.05, 4.69) is 27.7 Å². The Morgan fingerprint density at radius 1 is 1.29 bits per heavy atom. The molecule has 0 aliphatic heterocycles. The zero-order chi connectivity index (χ0) is 22.9. The third-order valence-electron chi connectivity index (χ3n) is 8.23. The first-order valence-corrected chi connectivity index (χ1v) is 13.1. The summed E-state index contributed by atoms with van der Waals surface area (Å²) in [5.74, 6) is 0.602. The van der Waals surface area contributed by atoms with Gasteiger partial charge in [0.05, 0.1) is 18.6 Å². The first-order valence-electron chi connectivity index (χ1n) is 11.8. The van der Waals surface area contributed by atoms with Crippen molar-refractivity contribution >= 4 is 10.4 Å². The molecule has 1 aromatic heterocycles. The monoisotopic (exact) mass is 452 g/mol. The number of furan rings is 1. The van der Waals surface area contributed by atoms with Gasteiger partial charge in [0.1, 0.15) is 0 Å². The molecule has 0 bridgehead atoms. The number of allylic oxidation sites excluding steroid dienone is 1.